The molecular weight excluding hydrogens is 320 g/mol. The highest BCUT2D eigenvalue weighted by atomic mass is 79.9. The maximum atomic E-state index is 6.05. The van der Waals surface area contributed by atoms with Crippen LogP contribution in [-0.2, 0) is 0 Å². The minimum Gasteiger partial charge on any atom is -0.454 e. The molecule has 20 heavy (non-hydrogen) atoms. The summed E-state index contributed by atoms with van der Waals surface area (Å²) in [5.41, 5.74) is 7.27. The lowest BCUT2D eigenvalue weighted by molar-refractivity contribution is 0.173. The van der Waals surface area contributed by atoms with E-state index in [0.717, 1.165) is 29.1 Å². The number of nitrogens with zero attached hydrogens (tertiary/aromatic N) is 1. The average Bonchev–Trinajstić information content (AvgIpc) is 2.76. The number of ether oxygens (including phenoxy) is 2. The van der Waals surface area contributed by atoms with Crippen molar-refractivity contribution in [3.8, 4) is 11.5 Å². The average molecular weight is 341 g/mol. The molecule has 1 aromatic carbocycles. The van der Waals surface area contributed by atoms with Crippen molar-refractivity contribution in [3.63, 3.8) is 0 Å². The smallest absolute Gasteiger partial charge is 0.231 e. The molecule has 2 heterocycles. The molecule has 1 saturated heterocycles. The lowest BCUT2D eigenvalue weighted by atomic mass is 10.0. The summed E-state index contributed by atoms with van der Waals surface area (Å²) in [6.07, 6.45) is 5.20. The third-order valence-corrected chi connectivity index (χ3v) is 4.73. The van der Waals surface area contributed by atoms with Gasteiger partial charge < -0.3 is 15.2 Å². The third-order valence-electron chi connectivity index (χ3n) is 4.14. The second-order valence-electron chi connectivity index (χ2n) is 5.44. The first-order valence-electron chi connectivity index (χ1n) is 7.33. The van der Waals surface area contributed by atoms with Crippen LogP contribution in [0.2, 0.25) is 0 Å². The molecule has 3 rings (SSSR count). The number of benzene rings is 1. The van der Waals surface area contributed by atoms with E-state index in [-0.39, 0.29) is 6.04 Å². The fraction of sp³-hybridized carbons (Fsp3) is 0.600. The molecule has 5 heteroatoms. The van der Waals surface area contributed by atoms with Crippen LogP contribution in [-0.4, -0.2) is 31.3 Å². The Labute approximate surface area is 128 Å². The predicted octanol–water partition coefficient (Wildman–Crippen LogP) is 3.05. The number of hydrogen-bond acceptors (Lipinski definition) is 4. The molecular formula is C15H21BrN2O2. The van der Waals surface area contributed by atoms with Gasteiger partial charge in [0.1, 0.15) is 0 Å². The monoisotopic (exact) mass is 340 g/mol. The fourth-order valence-corrected chi connectivity index (χ4v) is 3.66. The molecule has 2 aliphatic heterocycles. The lowest BCUT2D eigenvalue weighted by Gasteiger charge is -2.30. The van der Waals surface area contributed by atoms with Crippen molar-refractivity contribution in [3.05, 3.63) is 22.2 Å². The Bertz CT molecular complexity index is 473. The second kappa shape index (κ2) is 6.33. The molecule has 1 fully saturated rings. The quantitative estimate of drug-likeness (QED) is 0.918. The van der Waals surface area contributed by atoms with Crippen molar-refractivity contribution >= 4 is 15.9 Å². The largest absolute Gasteiger partial charge is 0.454 e. The number of halogens is 1. The first kappa shape index (κ1) is 14.2. The minimum atomic E-state index is 0.263. The second-order valence-corrected chi connectivity index (χ2v) is 6.29. The maximum absolute atomic E-state index is 6.05. The summed E-state index contributed by atoms with van der Waals surface area (Å²) in [7, 11) is 0. The van der Waals surface area contributed by atoms with Crippen LogP contribution in [0.5, 0.6) is 11.5 Å². The molecule has 4 nitrogen and oxygen atoms in total. The third kappa shape index (κ3) is 2.80. The van der Waals surface area contributed by atoms with Gasteiger partial charge in [0.05, 0.1) is 4.47 Å². The first-order chi connectivity index (χ1) is 9.79. The van der Waals surface area contributed by atoms with Gasteiger partial charge in [0, 0.05) is 12.6 Å². The van der Waals surface area contributed by atoms with E-state index in [9.17, 15) is 0 Å². The topological polar surface area (TPSA) is 47.7 Å². The highest BCUT2D eigenvalue weighted by Crippen LogP contribution is 2.42. The summed E-state index contributed by atoms with van der Waals surface area (Å²) in [5, 5.41) is 0. The van der Waals surface area contributed by atoms with Gasteiger partial charge in [-0.05, 0) is 59.6 Å². The van der Waals surface area contributed by atoms with E-state index in [1.54, 1.807) is 0 Å². The summed E-state index contributed by atoms with van der Waals surface area (Å²) in [5.74, 6) is 1.63. The van der Waals surface area contributed by atoms with Gasteiger partial charge >= 0.3 is 0 Å². The Morgan fingerprint density at radius 1 is 1.15 bits per heavy atom. The van der Waals surface area contributed by atoms with E-state index >= 15 is 0 Å². The molecule has 0 aliphatic carbocycles. The van der Waals surface area contributed by atoms with Crippen LogP contribution in [0.15, 0.2) is 16.6 Å². The Hall–Kier alpha value is -0.780. The van der Waals surface area contributed by atoms with Gasteiger partial charge in [-0.25, -0.2) is 0 Å². The number of fused-ring (bicyclic) bond motifs is 1. The van der Waals surface area contributed by atoms with E-state index in [0.29, 0.717) is 13.3 Å². The van der Waals surface area contributed by atoms with Gasteiger partial charge in [0.2, 0.25) is 6.79 Å². The van der Waals surface area contributed by atoms with Crippen molar-refractivity contribution in [2.24, 2.45) is 5.73 Å². The fourth-order valence-electron chi connectivity index (χ4n) is 3.08. The SMILES string of the molecule is NCC(c1cc(Br)c2c(c1)OCO2)N1CCCCCC1. The number of likely N-dealkylation sites (tertiary alicyclic amines) is 1. The molecule has 0 saturated carbocycles. The van der Waals surface area contributed by atoms with Crippen molar-refractivity contribution in [1.29, 1.82) is 0 Å². The van der Waals surface area contributed by atoms with Crippen molar-refractivity contribution in [1.82, 2.24) is 4.90 Å². The van der Waals surface area contributed by atoms with Crippen LogP contribution in [0.25, 0.3) is 0 Å². The van der Waals surface area contributed by atoms with Crippen LogP contribution >= 0.6 is 15.9 Å². The Balaban J connectivity index is 1.87. The summed E-state index contributed by atoms with van der Waals surface area (Å²) >= 11 is 3.57. The Kier molecular flexibility index (Phi) is 4.48. The predicted molar refractivity (Wildman–Crippen MR) is 82.1 cm³/mol. The molecule has 0 bridgehead atoms. The van der Waals surface area contributed by atoms with E-state index in [2.05, 4.69) is 33.0 Å². The van der Waals surface area contributed by atoms with E-state index < -0.39 is 0 Å². The molecule has 0 spiro atoms. The zero-order valence-electron chi connectivity index (χ0n) is 11.6. The summed E-state index contributed by atoms with van der Waals surface area (Å²) in [4.78, 5) is 2.51. The number of hydrogen-bond donors (Lipinski definition) is 1. The van der Waals surface area contributed by atoms with Crippen LogP contribution in [0.3, 0.4) is 0 Å². The van der Waals surface area contributed by atoms with Crippen molar-refractivity contribution in [2.45, 2.75) is 31.7 Å². The van der Waals surface area contributed by atoms with Crippen LogP contribution in [0.1, 0.15) is 37.3 Å². The van der Waals surface area contributed by atoms with Crippen molar-refractivity contribution in [2.75, 3.05) is 26.4 Å². The molecule has 1 aromatic rings. The summed E-state index contributed by atoms with van der Waals surface area (Å²) in [6.45, 7) is 3.20. The van der Waals surface area contributed by atoms with Gasteiger partial charge in [-0.15, -0.1) is 0 Å². The molecule has 1 unspecified atom stereocenters. The number of rotatable bonds is 3. The molecule has 1 atom stereocenters. The van der Waals surface area contributed by atoms with Gasteiger partial charge in [0.15, 0.2) is 11.5 Å². The zero-order valence-corrected chi connectivity index (χ0v) is 13.2. The highest BCUT2D eigenvalue weighted by molar-refractivity contribution is 9.10. The van der Waals surface area contributed by atoms with Crippen LogP contribution in [0.4, 0.5) is 0 Å². The Morgan fingerprint density at radius 2 is 1.90 bits per heavy atom. The van der Waals surface area contributed by atoms with Crippen LogP contribution in [0, 0.1) is 0 Å². The lowest BCUT2D eigenvalue weighted by Crippen LogP contribution is -2.34. The molecule has 110 valence electrons. The van der Waals surface area contributed by atoms with E-state index in [1.807, 2.05) is 0 Å². The van der Waals surface area contributed by atoms with Crippen molar-refractivity contribution < 1.29 is 9.47 Å². The van der Waals surface area contributed by atoms with E-state index in [4.69, 9.17) is 15.2 Å². The van der Waals surface area contributed by atoms with Gasteiger partial charge in [-0.3, -0.25) is 4.90 Å². The van der Waals surface area contributed by atoms with Gasteiger partial charge in [0.25, 0.3) is 0 Å². The summed E-state index contributed by atoms with van der Waals surface area (Å²) < 4.78 is 11.9. The minimum absolute atomic E-state index is 0.263. The van der Waals surface area contributed by atoms with Crippen LogP contribution < -0.4 is 15.2 Å². The highest BCUT2D eigenvalue weighted by Gasteiger charge is 2.24. The number of nitrogens with two attached hydrogens (primary N) is 1. The van der Waals surface area contributed by atoms with Gasteiger partial charge in [-0.1, -0.05) is 12.8 Å². The molecule has 2 N–H and O–H groups in total. The molecule has 0 aromatic heterocycles. The van der Waals surface area contributed by atoms with E-state index in [1.165, 1.54) is 31.2 Å². The summed E-state index contributed by atoms with van der Waals surface area (Å²) in [6, 6.07) is 4.46. The standard InChI is InChI=1S/C15H21BrN2O2/c16-12-7-11(8-14-15(12)20-10-19-14)13(9-17)18-5-3-1-2-4-6-18/h7-8,13H,1-6,9-10,17H2. The zero-order chi connectivity index (χ0) is 13.9. The molecule has 0 radical (unpaired) electrons. The molecule has 2 aliphatic rings. The van der Waals surface area contributed by atoms with Gasteiger partial charge in [-0.2, -0.15) is 0 Å². The normalized spacial score (nSPS) is 20.7. The first-order valence-corrected chi connectivity index (χ1v) is 8.12. The Morgan fingerprint density at radius 3 is 2.60 bits per heavy atom. The maximum Gasteiger partial charge on any atom is 0.231 e. The molecule has 0 amide bonds.